The van der Waals surface area contributed by atoms with Crippen LogP contribution in [0.25, 0.3) is 0 Å². The average Bonchev–Trinajstić information content (AvgIpc) is 2.81. The third-order valence-corrected chi connectivity index (χ3v) is 9.60. The minimum absolute atomic E-state index is 0.984. The van der Waals surface area contributed by atoms with Crippen LogP contribution in [-0.2, 0) is 0 Å². The largest absolute Gasteiger partial charge is 0.0879 e. The van der Waals surface area contributed by atoms with Crippen molar-refractivity contribution in [2.75, 3.05) is 0 Å². The fraction of sp³-hybridized carbons (Fsp3) is 0.800. The first-order valence-electron chi connectivity index (χ1n) is 5.10. The van der Waals surface area contributed by atoms with Gasteiger partial charge in [0.25, 0.3) is 0 Å². The molecule has 0 spiro atoms. The van der Waals surface area contributed by atoms with Crippen LogP contribution in [0.4, 0.5) is 0 Å². The Balaban J connectivity index is 1.75. The normalized spacial score (nSPS) is 61.5. The molecule has 6 unspecified atom stereocenters. The van der Waals surface area contributed by atoms with E-state index < -0.39 is 0 Å². The number of hydrogen-bond acceptors (Lipinski definition) is 3. The van der Waals surface area contributed by atoms with Crippen LogP contribution >= 0.6 is 31.4 Å². The van der Waals surface area contributed by atoms with Crippen LogP contribution in [0.3, 0.4) is 0 Å². The molecular weight excluding hydrogens is 216 g/mol. The lowest BCUT2D eigenvalue weighted by Crippen LogP contribution is -2.33. The molecule has 0 aromatic carbocycles. The second kappa shape index (κ2) is 2.67. The third-order valence-electron chi connectivity index (χ3n) is 4.32. The van der Waals surface area contributed by atoms with Crippen LogP contribution in [0.5, 0.6) is 0 Å². The smallest absolute Gasteiger partial charge is 0.0324 e. The summed E-state index contributed by atoms with van der Waals surface area (Å²) < 4.78 is 0. The number of hydrogen-bond donors (Lipinski definition) is 0. The van der Waals surface area contributed by atoms with Gasteiger partial charge in [0.1, 0.15) is 0 Å². The van der Waals surface area contributed by atoms with Gasteiger partial charge >= 0.3 is 0 Å². The van der Waals surface area contributed by atoms with E-state index in [4.69, 9.17) is 0 Å². The van der Waals surface area contributed by atoms with Gasteiger partial charge in [0.15, 0.2) is 0 Å². The lowest BCUT2D eigenvalue weighted by molar-refractivity contribution is 0.300. The molecule has 1 heterocycles. The van der Waals surface area contributed by atoms with Crippen molar-refractivity contribution >= 4 is 31.4 Å². The number of rotatable bonds is 0. The highest BCUT2D eigenvalue weighted by atomic mass is 33.5. The fourth-order valence-electron chi connectivity index (χ4n) is 3.84. The molecule has 0 radical (unpaired) electrons. The van der Waals surface area contributed by atoms with Crippen LogP contribution in [-0.4, -0.2) is 10.5 Å². The fourth-order valence-corrected chi connectivity index (χ4v) is 10.6. The van der Waals surface area contributed by atoms with E-state index in [1.54, 1.807) is 6.42 Å². The highest BCUT2D eigenvalue weighted by molar-refractivity contribution is 9.11. The quantitative estimate of drug-likeness (QED) is 0.459. The molecule has 0 aromatic rings. The molecule has 2 bridgehead atoms. The summed E-state index contributed by atoms with van der Waals surface area (Å²) in [6.45, 7) is 0. The molecule has 0 nitrogen and oxygen atoms in total. The van der Waals surface area contributed by atoms with E-state index in [0.29, 0.717) is 0 Å². The van der Waals surface area contributed by atoms with Gasteiger partial charge in [-0.2, -0.15) is 0 Å². The van der Waals surface area contributed by atoms with Gasteiger partial charge in [0.2, 0.25) is 0 Å². The van der Waals surface area contributed by atoms with E-state index in [2.05, 4.69) is 43.6 Å². The summed E-state index contributed by atoms with van der Waals surface area (Å²) in [5.74, 6) is 4.16. The summed E-state index contributed by atoms with van der Waals surface area (Å²) in [5, 5.41) is 2.02. The monoisotopic (exact) mass is 228 g/mol. The summed E-state index contributed by atoms with van der Waals surface area (Å²) in [5.41, 5.74) is 0. The van der Waals surface area contributed by atoms with Crippen molar-refractivity contribution in [3.05, 3.63) is 12.2 Å². The molecule has 1 saturated heterocycles. The summed E-state index contributed by atoms with van der Waals surface area (Å²) in [4.78, 5) is 0. The van der Waals surface area contributed by atoms with Gasteiger partial charge in [-0.25, -0.2) is 0 Å². The molecule has 3 heteroatoms. The first-order chi connectivity index (χ1) is 6.45. The minimum atomic E-state index is 0.984. The third kappa shape index (κ3) is 0.895. The molecule has 4 aliphatic rings. The molecular formula is C10H12S3. The van der Waals surface area contributed by atoms with Gasteiger partial charge in [0.05, 0.1) is 0 Å². The van der Waals surface area contributed by atoms with Crippen LogP contribution in [0.15, 0.2) is 12.2 Å². The van der Waals surface area contributed by atoms with Gasteiger partial charge in [-0.1, -0.05) is 33.7 Å². The Morgan fingerprint density at radius 2 is 1.85 bits per heavy atom. The zero-order valence-electron chi connectivity index (χ0n) is 7.26. The summed E-state index contributed by atoms with van der Waals surface area (Å²) in [7, 11) is 6.41. The molecule has 0 aromatic heterocycles. The molecule has 1 aliphatic heterocycles. The zero-order valence-corrected chi connectivity index (χ0v) is 9.71. The maximum Gasteiger partial charge on any atom is 0.0324 e. The van der Waals surface area contributed by atoms with E-state index in [1.807, 2.05) is 0 Å². The lowest BCUT2D eigenvalue weighted by Gasteiger charge is -2.31. The van der Waals surface area contributed by atoms with Crippen molar-refractivity contribution in [3.63, 3.8) is 0 Å². The molecule has 2 saturated carbocycles. The predicted molar refractivity (Wildman–Crippen MR) is 62.7 cm³/mol. The van der Waals surface area contributed by atoms with E-state index in [-0.39, 0.29) is 0 Å². The standard InChI is InChI=1S/C10H12S3/c1-2-5-6(3-1)8-4-7(5)9-10(8)12-13-11-9/h1-2,5-10H,3-4H2. The number of allylic oxidation sites excluding steroid dienone is 2. The predicted octanol–water partition coefficient (Wildman–Crippen LogP) is 3.61. The molecule has 6 atom stereocenters. The zero-order chi connectivity index (χ0) is 8.41. The Morgan fingerprint density at radius 3 is 2.77 bits per heavy atom. The Hall–Kier alpha value is 0.790. The highest BCUT2D eigenvalue weighted by Gasteiger charge is 2.60. The molecule has 3 fully saturated rings. The first-order valence-corrected chi connectivity index (χ1v) is 8.71. The van der Waals surface area contributed by atoms with Crippen LogP contribution in [0, 0.1) is 23.7 Å². The van der Waals surface area contributed by atoms with Crippen molar-refractivity contribution in [2.45, 2.75) is 23.3 Å². The van der Waals surface area contributed by atoms with E-state index in [0.717, 1.165) is 34.2 Å². The molecule has 70 valence electrons. The van der Waals surface area contributed by atoms with Crippen molar-refractivity contribution in [1.29, 1.82) is 0 Å². The topological polar surface area (TPSA) is 0 Å². The Labute approximate surface area is 90.5 Å². The molecule has 13 heavy (non-hydrogen) atoms. The van der Waals surface area contributed by atoms with E-state index in [9.17, 15) is 0 Å². The molecule has 3 aliphatic carbocycles. The van der Waals surface area contributed by atoms with Crippen molar-refractivity contribution in [1.82, 2.24) is 0 Å². The summed E-state index contributed by atoms with van der Waals surface area (Å²) >= 11 is 0. The van der Waals surface area contributed by atoms with Crippen molar-refractivity contribution in [3.8, 4) is 0 Å². The van der Waals surface area contributed by atoms with Gasteiger partial charge < -0.3 is 0 Å². The SMILES string of the molecule is C1=CC2C(C1)C1CC2C2SSSC12. The van der Waals surface area contributed by atoms with E-state index in [1.165, 1.54) is 6.42 Å². The molecule has 0 amide bonds. The molecule has 4 rings (SSSR count). The Bertz CT molecular complexity index is 273. The van der Waals surface area contributed by atoms with Gasteiger partial charge in [-0.05, 0) is 46.3 Å². The Morgan fingerprint density at radius 1 is 1.00 bits per heavy atom. The summed E-state index contributed by atoms with van der Waals surface area (Å²) in [6.07, 6.45) is 7.91. The van der Waals surface area contributed by atoms with Gasteiger partial charge in [-0.3, -0.25) is 0 Å². The Kier molecular flexibility index (Phi) is 1.65. The number of fused-ring (bicyclic) bond motifs is 8. The average molecular weight is 228 g/mol. The maximum absolute atomic E-state index is 2.53. The van der Waals surface area contributed by atoms with Crippen molar-refractivity contribution in [2.24, 2.45) is 23.7 Å². The lowest BCUT2D eigenvalue weighted by atomic mass is 9.81. The second-order valence-electron chi connectivity index (χ2n) is 4.66. The molecule has 0 N–H and O–H groups in total. The van der Waals surface area contributed by atoms with Crippen LogP contribution < -0.4 is 0 Å². The second-order valence-corrected chi connectivity index (χ2v) is 9.06. The van der Waals surface area contributed by atoms with Crippen LogP contribution in [0.2, 0.25) is 0 Å². The first kappa shape index (κ1) is 8.00. The highest BCUT2D eigenvalue weighted by Crippen LogP contribution is 2.70. The minimum Gasteiger partial charge on any atom is -0.0879 e. The van der Waals surface area contributed by atoms with Gasteiger partial charge in [-0.15, -0.1) is 0 Å². The van der Waals surface area contributed by atoms with Crippen molar-refractivity contribution < 1.29 is 0 Å². The maximum atomic E-state index is 2.53. The van der Waals surface area contributed by atoms with E-state index >= 15 is 0 Å². The van der Waals surface area contributed by atoms with Gasteiger partial charge in [0, 0.05) is 10.5 Å². The summed E-state index contributed by atoms with van der Waals surface area (Å²) in [6, 6.07) is 0. The van der Waals surface area contributed by atoms with Crippen LogP contribution in [0.1, 0.15) is 12.8 Å².